The van der Waals surface area contributed by atoms with Crippen LogP contribution in [0.3, 0.4) is 0 Å². The minimum absolute atomic E-state index is 0.0297. The highest BCUT2D eigenvalue weighted by Crippen LogP contribution is 2.37. The lowest BCUT2D eigenvalue weighted by Crippen LogP contribution is -2.03. The molecular formula is C15H9Br2NO5S. The highest BCUT2D eigenvalue weighted by Gasteiger charge is 2.26. The molecule has 9 heteroatoms. The monoisotopic (exact) mass is 473 g/mol. The van der Waals surface area contributed by atoms with E-state index in [2.05, 4.69) is 37.2 Å². The highest BCUT2D eigenvalue weighted by molar-refractivity contribution is 9.11. The second-order valence-corrected chi connectivity index (χ2v) is 8.16. The maximum atomic E-state index is 12.2. The first-order valence-corrected chi connectivity index (χ1v) is 9.52. The number of phenols is 1. The Kier molecular flexibility index (Phi) is 4.28. The topological polar surface area (TPSA) is 104 Å². The zero-order valence-corrected chi connectivity index (χ0v) is 15.7. The number of rotatable bonds is 2. The first-order valence-electron chi connectivity index (χ1n) is 6.50. The zero-order chi connectivity index (χ0) is 17.6. The third-order valence-corrected chi connectivity index (χ3v) is 5.48. The van der Waals surface area contributed by atoms with Crippen molar-refractivity contribution in [1.29, 1.82) is 0 Å². The van der Waals surface area contributed by atoms with E-state index in [0.29, 0.717) is 25.8 Å². The van der Waals surface area contributed by atoms with Crippen LogP contribution in [0, 0.1) is 0 Å². The van der Waals surface area contributed by atoms with Gasteiger partial charge in [-0.3, -0.25) is 9.35 Å². The van der Waals surface area contributed by atoms with Gasteiger partial charge >= 0.3 is 0 Å². The van der Waals surface area contributed by atoms with Gasteiger partial charge in [-0.2, -0.15) is 8.42 Å². The molecule has 124 valence electrons. The van der Waals surface area contributed by atoms with Crippen LogP contribution in [0.25, 0.3) is 11.6 Å². The van der Waals surface area contributed by atoms with Crippen molar-refractivity contribution in [3.63, 3.8) is 0 Å². The number of halogens is 2. The normalized spacial score (nSPS) is 15.5. The molecule has 1 aliphatic rings. The number of benzene rings is 2. The smallest absolute Gasteiger partial charge is 0.294 e. The van der Waals surface area contributed by atoms with Gasteiger partial charge in [0.1, 0.15) is 5.75 Å². The Hall–Kier alpha value is -1.68. The molecule has 0 saturated heterocycles. The molecule has 0 aliphatic carbocycles. The second-order valence-electron chi connectivity index (χ2n) is 5.03. The number of hydrogen-bond donors (Lipinski definition) is 3. The fourth-order valence-corrected chi connectivity index (χ4v) is 4.03. The van der Waals surface area contributed by atoms with Gasteiger partial charge in [-0.1, -0.05) is 0 Å². The summed E-state index contributed by atoms with van der Waals surface area (Å²) >= 11 is 6.42. The average Bonchev–Trinajstić information content (AvgIpc) is 2.79. The SMILES string of the molecule is O=C1Nc2ccc(S(=O)(=O)O)cc2/C1=C/c1cc(Br)c(O)c(Br)c1. The summed E-state index contributed by atoms with van der Waals surface area (Å²) < 4.78 is 32.6. The van der Waals surface area contributed by atoms with Crippen LogP contribution in [0.2, 0.25) is 0 Å². The van der Waals surface area contributed by atoms with Crippen molar-refractivity contribution in [1.82, 2.24) is 0 Å². The van der Waals surface area contributed by atoms with Crippen LogP contribution in [-0.4, -0.2) is 24.0 Å². The Labute approximate surface area is 154 Å². The second kappa shape index (κ2) is 5.99. The van der Waals surface area contributed by atoms with E-state index in [4.69, 9.17) is 0 Å². The van der Waals surface area contributed by atoms with Crippen LogP contribution in [0.15, 0.2) is 44.2 Å². The molecule has 3 N–H and O–H groups in total. The molecule has 0 fully saturated rings. The minimum Gasteiger partial charge on any atom is -0.506 e. The van der Waals surface area contributed by atoms with Crippen molar-refractivity contribution in [3.8, 4) is 5.75 Å². The lowest BCUT2D eigenvalue weighted by atomic mass is 10.0. The van der Waals surface area contributed by atoms with Crippen LogP contribution in [0.4, 0.5) is 5.69 Å². The van der Waals surface area contributed by atoms with Crippen molar-refractivity contribution >= 4 is 65.2 Å². The Bertz CT molecular complexity index is 992. The fourth-order valence-electron chi connectivity index (χ4n) is 2.31. The summed E-state index contributed by atoms with van der Waals surface area (Å²) in [5.74, 6) is -0.361. The molecule has 0 atom stereocenters. The standard InChI is InChI=1S/C15H9Br2NO5S/c16-11-4-7(5-12(17)14(11)19)3-10-9-6-8(24(21,22)23)1-2-13(9)18-15(10)20/h1-6,19H,(H,18,20)(H,21,22,23)/b10-3-. The molecule has 2 aromatic carbocycles. The molecule has 24 heavy (non-hydrogen) atoms. The molecule has 0 saturated carbocycles. The molecule has 0 unspecified atom stereocenters. The molecule has 6 nitrogen and oxygen atoms in total. The maximum Gasteiger partial charge on any atom is 0.294 e. The van der Waals surface area contributed by atoms with Crippen molar-refractivity contribution < 1.29 is 22.9 Å². The molecule has 1 heterocycles. The summed E-state index contributed by atoms with van der Waals surface area (Å²) in [6.45, 7) is 0. The van der Waals surface area contributed by atoms with E-state index >= 15 is 0 Å². The van der Waals surface area contributed by atoms with E-state index in [1.165, 1.54) is 18.2 Å². The largest absolute Gasteiger partial charge is 0.506 e. The predicted molar refractivity (Wildman–Crippen MR) is 96.3 cm³/mol. The maximum absolute atomic E-state index is 12.2. The van der Waals surface area contributed by atoms with Crippen LogP contribution in [0.1, 0.15) is 11.1 Å². The number of hydrogen-bond acceptors (Lipinski definition) is 4. The first-order chi connectivity index (χ1) is 11.2. The van der Waals surface area contributed by atoms with E-state index in [1.54, 1.807) is 18.2 Å². The van der Waals surface area contributed by atoms with E-state index in [0.717, 1.165) is 0 Å². The molecule has 0 bridgehead atoms. The van der Waals surface area contributed by atoms with Crippen LogP contribution in [0.5, 0.6) is 5.75 Å². The fraction of sp³-hybridized carbons (Fsp3) is 0. The summed E-state index contributed by atoms with van der Waals surface area (Å²) in [5, 5.41) is 12.4. The summed E-state index contributed by atoms with van der Waals surface area (Å²) in [6.07, 6.45) is 1.56. The van der Waals surface area contributed by atoms with Crippen molar-refractivity contribution in [2.75, 3.05) is 5.32 Å². The number of fused-ring (bicyclic) bond motifs is 1. The number of carbonyl (C=O) groups excluding carboxylic acids is 1. The molecule has 0 radical (unpaired) electrons. The Morgan fingerprint density at radius 3 is 2.29 bits per heavy atom. The number of carbonyl (C=O) groups is 1. The van der Waals surface area contributed by atoms with Gasteiger partial charge in [-0.05, 0) is 73.8 Å². The van der Waals surface area contributed by atoms with E-state index in [1.807, 2.05) is 0 Å². The number of amides is 1. The van der Waals surface area contributed by atoms with Gasteiger partial charge in [-0.15, -0.1) is 0 Å². The van der Waals surface area contributed by atoms with E-state index in [-0.39, 0.29) is 16.2 Å². The van der Waals surface area contributed by atoms with Gasteiger partial charge in [0.2, 0.25) is 0 Å². The van der Waals surface area contributed by atoms with Crippen molar-refractivity contribution in [3.05, 3.63) is 50.4 Å². The van der Waals surface area contributed by atoms with Crippen LogP contribution in [-0.2, 0) is 14.9 Å². The zero-order valence-electron chi connectivity index (χ0n) is 11.7. The molecule has 2 aromatic rings. The molecule has 1 amide bonds. The minimum atomic E-state index is -4.37. The van der Waals surface area contributed by atoms with E-state index in [9.17, 15) is 22.9 Å². The van der Waals surface area contributed by atoms with Crippen LogP contribution < -0.4 is 5.32 Å². The van der Waals surface area contributed by atoms with Crippen molar-refractivity contribution in [2.24, 2.45) is 0 Å². The summed E-state index contributed by atoms with van der Waals surface area (Å²) in [4.78, 5) is 11.9. The van der Waals surface area contributed by atoms with Gasteiger partial charge in [-0.25, -0.2) is 0 Å². The Morgan fingerprint density at radius 2 is 1.71 bits per heavy atom. The Morgan fingerprint density at radius 1 is 1.08 bits per heavy atom. The lowest BCUT2D eigenvalue weighted by molar-refractivity contribution is -0.110. The molecule has 0 aromatic heterocycles. The molecule has 1 aliphatic heterocycles. The van der Waals surface area contributed by atoms with Gasteiger partial charge in [0.05, 0.1) is 13.8 Å². The van der Waals surface area contributed by atoms with Gasteiger partial charge in [0, 0.05) is 16.8 Å². The summed E-state index contributed by atoms with van der Waals surface area (Å²) in [6, 6.07) is 7.10. The Balaban J connectivity index is 2.16. The summed E-state index contributed by atoms with van der Waals surface area (Å²) in [5.41, 5.74) is 1.69. The number of aromatic hydroxyl groups is 1. The molecule has 3 rings (SSSR count). The third-order valence-electron chi connectivity index (χ3n) is 3.42. The number of nitrogens with one attached hydrogen (secondary N) is 1. The quantitative estimate of drug-likeness (QED) is 0.455. The lowest BCUT2D eigenvalue weighted by Gasteiger charge is -2.04. The van der Waals surface area contributed by atoms with Gasteiger partial charge in [0.25, 0.3) is 16.0 Å². The number of phenolic OH excluding ortho intramolecular Hbond substituents is 1. The van der Waals surface area contributed by atoms with Gasteiger partial charge < -0.3 is 10.4 Å². The molecule has 0 spiro atoms. The van der Waals surface area contributed by atoms with Crippen molar-refractivity contribution in [2.45, 2.75) is 4.90 Å². The average molecular weight is 475 g/mol. The first kappa shape index (κ1) is 17.2. The predicted octanol–water partition coefficient (Wildman–Crippen LogP) is 3.66. The third kappa shape index (κ3) is 3.12. The highest BCUT2D eigenvalue weighted by atomic mass is 79.9. The van der Waals surface area contributed by atoms with Gasteiger partial charge in [0.15, 0.2) is 0 Å². The van der Waals surface area contributed by atoms with Crippen LogP contribution >= 0.6 is 31.9 Å². The molecular weight excluding hydrogens is 466 g/mol. The van der Waals surface area contributed by atoms with E-state index < -0.39 is 16.0 Å². The summed E-state index contributed by atoms with van der Waals surface area (Å²) in [7, 11) is -4.37. The number of anilines is 1.